The predicted molar refractivity (Wildman–Crippen MR) is 105 cm³/mol. The number of carbonyl (C=O) groups excluding carboxylic acids is 2. The number of benzene rings is 1. The quantitative estimate of drug-likeness (QED) is 0.861. The fourth-order valence-electron chi connectivity index (χ4n) is 5.41. The van der Waals surface area contributed by atoms with E-state index in [1.807, 2.05) is 18.2 Å². The van der Waals surface area contributed by atoms with E-state index < -0.39 is 0 Å². The second-order valence-corrected chi connectivity index (χ2v) is 8.78. The second-order valence-electron chi connectivity index (χ2n) is 8.34. The van der Waals surface area contributed by atoms with E-state index in [2.05, 4.69) is 21.2 Å². The van der Waals surface area contributed by atoms with Gasteiger partial charge in [-0.1, -0.05) is 23.7 Å². The minimum atomic E-state index is -0.0234. The average molecular weight is 390 g/mol. The lowest BCUT2D eigenvalue weighted by atomic mass is 9.72. The van der Waals surface area contributed by atoms with Crippen LogP contribution in [0.2, 0.25) is 5.02 Å². The summed E-state index contributed by atoms with van der Waals surface area (Å²) in [5.74, 6) is 1.19. The lowest BCUT2D eigenvalue weighted by Gasteiger charge is -2.56. The van der Waals surface area contributed by atoms with Crippen LogP contribution in [0.15, 0.2) is 24.3 Å². The highest BCUT2D eigenvalue weighted by Gasteiger charge is 2.49. The number of nitrogens with zero attached hydrogens (tertiary/aromatic N) is 2. The van der Waals surface area contributed by atoms with Crippen molar-refractivity contribution in [3.05, 3.63) is 34.9 Å². The summed E-state index contributed by atoms with van der Waals surface area (Å²) >= 11 is 6.16. The van der Waals surface area contributed by atoms with Gasteiger partial charge in [0.2, 0.25) is 11.8 Å². The number of rotatable bonds is 4. The van der Waals surface area contributed by atoms with Crippen LogP contribution < -0.4 is 5.32 Å². The molecule has 2 bridgehead atoms. The number of hydrogen-bond donors (Lipinski definition) is 1. The summed E-state index contributed by atoms with van der Waals surface area (Å²) in [6.07, 6.45) is 3.89. The Hall–Kier alpha value is -1.59. The molecule has 1 aromatic carbocycles. The first-order chi connectivity index (χ1) is 13.0. The highest BCUT2D eigenvalue weighted by atomic mass is 35.5. The van der Waals surface area contributed by atoms with Crippen LogP contribution >= 0.6 is 11.6 Å². The van der Waals surface area contributed by atoms with Gasteiger partial charge in [0.15, 0.2) is 0 Å². The predicted octanol–water partition coefficient (Wildman–Crippen LogP) is 2.68. The van der Waals surface area contributed by atoms with Gasteiger partial charge in [-0.05, 0) is 48.8 Å². The lowest BCUT2D eigenvalue weighted by molar-refractivity contribution is -0.153. The van der Waals surface area contributed by atoms with Crippen molar-refractivity contribution in [1.29, 1.82) is 0 Å². The molecule has 27 heavy (non-hydrogen) atoms. The smallest absolute Gasteiger partial charge is 0.223 e. The molecule has 0 unspecified atom stereocenters. The third-order valence-corrected chi connectivity index (χ3v) is 6.66. The van der Waals surface area contributed by atoms with Crippen molar-refractivity contribution < 1.29 is 9.59 Å². The molecule has 0 saturated carbocycles. The summed E-state index contributed by atoms with van der Waals surface area (Å²) in [4.78, 5) is 28.9. The average Bonchev–Trinajstić information content (AvgIpc) is 2.62. The maximum absolute atomic E-state index is 12.7. The molecule has 4 atom stereocenters. The Morgan fingerprint density at radius 3 is 2.89 bits per heavy atom. The number of nitrogens with one attached hydrogen (secondary N) is 1. The number of likely N-dealkylation sites (tertiary alicyclic amines) is 1. The van der Waals surface area contributed by atoms with Gasteiger partial charge in [0.05, 0.1) is 6.04 Å². The van der Waals surface area contributed by atoms with Gasteiger partial charge in [-0.2, -0.15) is 0 Å². The molecule has 3 aliphatic rings. The molecule has 3 heterocycles. The van der Waals surface area contributed by atoms with Crippen LogP contribution in [-0.4, -0.2) is 53.3 Å². The Morgan fingerprint density at radius 1 is 1.30 bits per heavy atom. The molecule has 1 aromatic rings. The van der Waals surface area contributed by atoms with Crippen LogP contribution in [0.5, 0.6) is 0 Å². The molecule has 1 N–H and O–H groups in total. The van der Waals surface area contributed by atoms with Gasteiger partial charge in [0, 0.05) is 50.6 Å². The van der Waals surface area contributed by atoms with Crippen molar-refractivity contribution >= 4 is 23.4 Å². The Kier molecular flexibility index (Phi) is 5.42. The minimum Gasteiger partial charge on any atom is -0.354 e. The zero-order valence-corrected chi connectivity index (χ0v) is 16.6. The maximum Gasteiger partial charge on any atom is 0.223 e. The van der Waals surface area contributed by atoms with Gasteiger partial charge in [-0.15, -0.1) is 0 Å². The first-order valence-electron chi connectivity index (χ1n) is 10.0. The van der Waals surface area contributed by atoms with Crippen LogP contribution in [-0.2, 0) is 16.1 Å². The molecule has 0 radical (unpaired) electrons. The SMILES string of the molecule is CC(=O)NC[C@H]1[C@H]2C[C@H](CN(Cc3cccc(Cl)c3)C2)[C@@H]2CCCC(=O)N21. The molecule has 5 nitrogen and oxygen atoms in total. The molecule has 4 rings (SSSR count). The van der Waals surface area contributed by atoms with E-state index in [9.17, 15) is 9.59 Å². The third-order valence-electron chi connectivity index (χ3n) is 6.43. The number of carbonyl (C=O) groups is 2. The normalized spacial score (nSPS) is 30.7. The van der Waals surface area contributed by atoms with Crippen molar-refractivity contribution in [3.8, 4) is 0 Å². The molecule has 2 amide bonds. The Bertz CT molecular complexity index is 725. The second kappa shape index (κ2) is 7.80. The van der Waals surface area contributed by atoms with Crippen LogP contribution in [0, 0.1) is 11.8 Å². The fraction of sp³-hybridized carbons (Fsp3) is 0.619. The van der Waals surface area contributed by atoms with E-state index in [-0.39, 0.29) is 17.9 Å². The summed E-state index contributed by atoms with van der Waals surface area (Å²) in [6.45, 7) is 5.00. The van der Waals surface area contributed by atoms with E-state index in [0.717, 1.165) is 43.9 Å². The van der Waals surface area contributed by atoms with Crippen molar-refractivity contribution in [2.45, 2.75) is 51.2 Å². The van der Waals surface area contributed by atoms with Crippen molar-refractivity contribution in [3.63, 3.8) is 0 Å². The number of fused-ring (bicyclic) bond motifs is 4. The highest BCUT2D eigenvalue weighted by molar-refractivity contribution is 6.30. The highest BCUT2D eigenvalue weighted by Crippen LogP contribution is 2.41. The van der Waals surface area contributed by atoms with Gasteiger partial charge >= 0.3 is 0 Å². The summed E-state index contributed by atoms with van der Waals surface area (Å²) in [5.41, 5.74) is 1.23. The van der Waals surface area contributed by atoms with Crippen LogP contribution in [0.3, 0.4) is 0 Å². The summed E-state index contributed by atoms with van der Waals surface area (Å²) in [6, 6.07) is 8.52. The summed E-state index contributed by atoms with van der Waals surface area (Å²) in [5, 5.41) is 3.75. The zero-order chi connectivity index (χ0) is 19.0. The molecular formula is C21H28ClN3O2. The monoisotopic (exact) mass is 389 g/mol. The number of amides is 2. The molecule has 3 aliphatic heterocycles. The Balaban J connectivity index is 1.54. The van der Waals surface area contributed by atoms with Crippen LogP contribution in [0.1, 0.15) is 38.2 Å². The van der Waals surface area contributed by atoms with Crippen molar-refractivity contribution in [2.24, 2.45) is 11.8 Å². The van der Waals surface area contributed by atoms with Crippen molar-refractivity contribution in [1.82, 2.24) is 15.1 Å². The van der Waals surface area contributed by atoms with Crippen molar-refractivity contribution in [2.75, 3.05) is 19.6 Å². The van der Waals surface area contributed by atoms with Crippen LogP contribution in [0.25, 0.3) is 0 Å². The molecule has 6 heteroatoms. The van der Waals surface area contributed by atoms with Gasteiger partial charge in [-0.25, -0.2) is 0 Å². The molecule has 0 aromatic heterocycles. The Labute approximate surface area is 166 Å². The molecule has 3 fully saturated rings. The van der Waals surface area contributed by atoms with Gasteiger partial charge in [-0.3, -0.25) is 14.5 Å². The third kappa shape index (κ3) is 3.99. The summed E-state index contributed by atoms with van der Waals surface area (Å²) < 4.78 is 0. The van der Waals surface area contributed by atoms with E-state index in [1.54, 1.807) is 6.92 Å². The molecule has 0 spiro atoms. The van der Waals surface area contributed by atoms with E-state index >= 15 is 0 Å². The van der Waals surface area contributed by atoms with Gasteiger partial charge < -0.3 is 10.2 Å². The Morgan fingerprint density at radius 2 is 2.11 bits per heavy atom. The topological polar surface area (TPSA) is 52.7 Å². The maximum atomic E-state index is 12.7. The zero-order valence-electron chi connectivity index (χ0n) is 15.9. The molecular weight excluding hydrogens is 362 g/mol. The minimum absolute atomic E-state index is 0.0234. The van der Waals surface area contributed by atoms with Crippen LogP contribution in [0.4, 0.5) is 0 Å². The molecule has 3 saturated heterocycles. The van der Waals surface area contributed by atoms with E-state index in [4.69, 9.17) is 11.6 Å². The molecule has 146 valence electrons. The first kappa shape index (κ1) is 18.8. The summed E-state index contributed by atoms with van der Waals surface area (Å²) in [7, 11) is 0. The van der Waals surface area contributed by atoms with E-state index in [0.29, 0.717) is 30.8 Å². The fourth-order valence-corrected chi connectivity index (χ4v) is 5.62. The number of halogens is 1. The lowest BCUT2D eigenvalue weighted by Crippen LogP contribution is -2.66. The van der Waals surface area contributed by atoms with E-state index in [1.165, 1.54) is 5.56 Å². The van der Waals surface area contributed by atoms with Gasteiger partial charge in [0.25, 0.3) is 0 Å². The largest absolute Gasteiger partial charge is 0.354 e. The number of piperidine rings is 3. The first-order valence-corrected chi connectivity index (χ1v) is 10.4. The standard InChI is InChI=1S/C21H28ClN3O2/c1-14(26)23-10-20-17-9-16(19-6-3-7-21(27)25(19)20)12-24(13-17)11-15-4-2-5-18(22)8-15/h2,4-5,8,16-17,19-20H,3,6-7,9-13H2,1H3,(H,23,26)/t16-,17+,19+,20+/m1/s1. The molecule has 0 aliphatic carbocycles. The van der Waals surface area contributed by atoms with Gasteiger partial charge in [0.1, 0.15) is 0 Å². The number of hydrogen-bond acceptors (Lipinski definition) is 3.